The maximum absolute atomic E-state index is 11.7. The van der Waals surface area contributed by atoms with E-state index in [-0.39, 0.29) is 0 Å². The van der Waals surface area contributed by atoms with Crippen molar-refractivity contribution in [3.8, 4) is 16.9 Å². The van der Waals surface area contributed by atoms with Gasteiger partial charge in [-0.3, -0.25) is 0 Å². The van der Waals surface area contributed by atoms with Crippen LogP contribution in [-0.4, -0.2) is 15.5 Å². The predicted molar refractivity (Wildman–Crippen MR) is 119 cm³/mol. The Morgan fingerprint density at radius 1 is 0.900 bits per heavy atom. The molecule has 0 aliphatic rings. The first-order chi connectivity index (χ1) is 14.7. The summed E-state index contributed by atoms with van der Waals surface area (Å²) in [5.41, 5.74) is 7.58. The van der Waals surface area contributed by atoms with Gasteiger partial charge >= 0.3 is 5.97 Å². The maximum atomic E-state index is 11.7. The third kappa shape index (κ3) is 2.89. The molecule has 2 aromatic carbocycles. The minimum atomic E-state index is -0.903. The fourth-order valence-electron chi connectivity index (χ4n) is 4.27. The third-order valence-electron chi connectivity index (χ3n) is 5.63. The van der Waals surface area contributed by atoms with Crippen LogP contribution < -0.4 is 4.74 Å². The summed E-state index contributed by atoms with van der Waals surface area (Å²) in [4.78, 5) is 11.7. The molecule has 0 aliphatic carbocycles. The lowest BCUT2D eigenvalue weighted by molar-refractivity contribution is 0.0699. The molecule has 3 aromatic heterocycles. The Labute approximate surface area is 174 Å². The molecule has 0 fully saturated rings. The minimum absolute atomic E-state index is 0.335. The number of ether oxygens (including phenoxy) is 1. The SMILES string of the molecule is CCc1c(-c2ccc(OCc3ccccc3)cc2)c2cc(C(=O)O)c3cccc1n32. The molecule has 0 bridgehead atoms. The quantitative estimate of drug-likeness (QED) is 0.381. The van der Waals surface area contributed by atoms with Crippen LogP contribution in [0.1, 0.15) is 28.4 Å². The first kappa shape index (κ1) is 18.3. The summed E-state index contributed by atoms with van der Waals surface area (Å²) < 4.78 is 7.99. The topological polar surface area (TPSA) is 50.9 Å². The molecule has 5 rings (SSSR count). The first-order valence-corrected chi connectivity index (χ1v) is 10.1. The van der Waals surface area contributed by atoms with Gasteiger partial charge in [-0.15, -0.1) is 0 Å². The highest BCUT2D eigenvalue weighted by atomic mass is 16.5. The zero-order valence-corrected chi connectivity index (χ0v) is 16.6. The Hall–Kier alpha value is -3.79. The summed E-state index contributed by atoms with van der Waals surface area (Å²) in [7, 11) is 0. The first-order valence-electron chi connectivity index (χ1n) is 10.1. The van der Waals surface area contributed by atoms with Gasteiger partial charge in [-0.1, -0.05) is 55.5 Å². The molecule has 0 saturated carbocycles. The Morgan fingerprint density at radius 2 is 1.63 bits per heavy atom. The van der Waals surface area contributed by atoms with Crippen molar-refractivity contribution in [1.82, 2.24) is 4.40 Å². The molecule has 148 valence electrons. The van der Waals surface area contributed by atoms with Crippen LogP contribution in [-0.2, 0) is 13.0 Å². The van der Waals surface area contributed by atoms with Gasteiger partial charge < -0.3 is 14.2 Å². The molecule has 0 radical (unpaired) electrons. The van der Waals surface area contributed by atoms with Crippen LogP contribution in [0.3, 0.4) is 0 Å². The highest BCUT2D eigenvalue weighted by Crippen LogP contribution is 2.39. The fraction of sp³-hybridized carbons (Fsp3) is 0.115. The van der Waals surface area contributed by atoms with E-state index in [1.807, 2.05) is 54.6 Å². The van der Waals surface area contributed by atoms with Gasteiger partial charge in [-0.2, -0.15) is 0 Å². The van der Waals surface area contributed by atoms with Gasteiger partial charge in [0.05, 0.1) is 22.1 Å². The van der Waals surface area contributed by atoms with E-state index in [1.165, 1.54) is 5.56 Å². The summed E-state index contributed by atoms with van der Waals surface area (Å²) in [6, 6.07) is 25.8. The second-order valence-electron chi connectivity index (χ2n) is 7.39. The number of carboxylic acid groups (broad SMARTS) is 1. The molecule has 5 aromatic rings. The van der Waals surface area contributed by atoms with Crippen molar-refractivity contribution >= 4 is 22.5 Å². The molecule has 0 atom stereocenters. The fourth-order valence-corrected chi connectivity index (χ4v) is 4.27. The van der Waals surface area contributed by atoms with E-state index >= 15 is 0 Å². The lowest BCUT2D eigenvalue weighted by Crippen LogP contribution is -1.96. The van der Waals surface area contributed by atoms with Crippen LogP contribution in [0.15, 0.2) is 78.9 Å². The molecule has 3 heterocycles. The molecule has 30 heavy (non-hydrogen) atoms. The van der Waals surface area contributed by atoms with Gasteiger partial charge in [-0.25, -0.2) is 4.79 Å². The molecule has 1 N–H and O–H groups in total. The van der Waals surface area contributed by atoms with E-state index in [0.717, 1.165) is 45.4 Å². The van der Waals surface area contributed by atoms with Gasteiger partial charge in [0.25, 0.3) is 0 Å². The summed E-state index contributed by atoms with van der Waals surface area (Å²) in [6.07, 6.45) is 0.866. The molecule has 0 saturated heterocycles. The summed E-state index contributed by atoms with van der Waals surface area (Å²) >= 11 is 0. The van der Waals surface area contributed by atoms with E-state index in [0.29, 0.717) is 12.2 Å². The number of rotatable bonds is 6. The van der Waals surface area contributed by atoms with E-state index in [9.17, 15) is 9.90 Å². The predicted octanol–water partition coefficient (Wildman–Crippen LogP) is 6.04. The van der Waals surface area contributed by atoms with Crippen molar-refractivity contribution < 1.29 is 14.6 Å². The van der Waals surface area contributed by atoms with Crippen molar-refractivity contribution in [2.45, 2.75) is 20.0 Å². The number of aromatic nitrogens is 1. The number of aromatic carboxylic acids is 1. The highest BCUT2D eigenvalue weighted by Gasteiger charge is 2.22. The zero-order chi connectivity index (χ0) is 20.7. The Morgan fingerprint density at radius 3 is 2.33 bits per heavy atom. The van der Waals surface area contributed by atoms with Crippen LogP contribution in [0.4, 0.5) is 0 Å². The summed E-state index contributed by atoms with van der Waals surface area (Å²) in [6.45, 7) is 2.66. The summed E-state index contributed by atoms with van der Waals surface area (Å²) in [5.74, 6) is -0.0943. The zero-order valence-electron chi connectivity index (χ0n) is 16.6. The van der Waals surface area contributed by atoms with Gasteiger partial charge in [-0.05, 0) is 53.4 Å². The second kappa shape index (κ2) is 7.23. The average Bonchev–Trinajstić information content (AvgIpc) is 3.32. The smallest absolute Gasteiger partial charge is 0.337 e. The molecule has 0 unspecified atom stereocenters. The number of carbonyl (C=O) groups is 1. The van der Waals surface area contributed by atoms with Crippen molar-refractivity contribution in [2.75, 3.05) is 0 Å². The van der Waals surface area contributed by atoms with Gasteiger partial charge in [0.15, 0.2) is 0 Å². The van der Waals surface area contributed by atoms with Crippen LogP contribution in [0.25, 0.3) is 27.7 Å². The van der Waals surface area contributed by atoms with Gasteiger partial charge in [0.1, 0.15) is 12.4 Å². The largest absolute Gasteiger partial charge is 0.489 e. The number of carboxylic acids is 1. The van der Waals surface area contributed by atoms with E-state index in [4.69, 9.17) is 4.74 Å². The lowest BCUT2D eigenvalue weighted by Gasteiger charge is -2.08. The molecular weight excluding hydrogens is 374 g/mol. The van der Waals surface area contributed by atoms with Crippen molar-refractivity contribution in [3.63, 3.8) is 0 Å². The number of pyridine rings is 1. The van der Waals surface area contributed by atoms with E-state index in [2.05, 4.69) is 29.5 Å². The number of hydrogen-bond acceptors (Lipinski definition) is 2. The van der Waals surface area contributed by atoms with Gasteiger partial charge in [0.2, 0.25) is 0 Å². The third-order valence-corrected chi connectivity index (χ3v) is 5.63. The monoisotopic (exact) mass is 395 g/mol. The molecule has 0 spiro atoms. The standard InChI is InChI=1S/C26H21NO3/c1-2-20-22-9-6-10-23-21(26(28)29)15-24(27(22)23)25(20)18-11-13-19(14-12-18)30-16-17-7-4-3-5-8-17/h3-15H,2,16H2,1H3,(H,28,29). The van der Waals surface area contributed by atoms with Crippen molar-refractivity contribution in [1.29, 1.82) is 0 Å². The summed E-state index contributed by atoms with van der Waals surface area (Å²) in [5, 5.41) is 9.63. The Balaban J connectivity index is 1.56. The minimum Gasteiger partial charge on any atom is -0.489 e. The second-order valence-corrected chi connectivity index (χ2v) is 7.39. The lowest BCUT2D eigenvalue weighted by atomic mass is 9.99. The molecule has 4 nitrogen and oxygen atoms in total. The average molecular weight is 395 g/mol. The molecular formula is C26H21NO3. The van der Waals surface area contributed by atoms with E-state index in [1.54, 1.807) is 6.07 Å². The number of aryl methyl sites for hydroxylation is 1. The maximum Gasteiger partial charge on any atom is 0.337 e. The van der Waals surface area contributed by atoms with Crippen molar-refractivity contribution in [3.05, 3.63) is 95.6 Å². The molecule has 0 amide bonds. The number of benzene rings is 2. The van der Waals surface area contributed by atoms with Crippen LogP contribution in [0, 0.1) is 0 Å². The molecule has 4 heteroatoms. The molecule has 0 aliphatic heterocycles. The highest BCUT2D eigenvalue weighted by molar-refractivity contribution is 6.04. The Bertz CT molecular complexity index is 1330. The van der Waals surface area contributed by atoms with Crippen molar-refractivity contribution in [2.24, 2.45) is 0 Å². The van der Waals surface area contributed by atoms with Gasteiger partial charge in [0, 0.05) is 5.56 Å². The number of hydrogen-bond donors (Lipinski definition) is 1. The normalized spacial score (nSPS) is 11.4. The van der Waals surface area contributed by atoms with Crippen LogP contribution >= 0.6 is 0 Å². The van der Waals surface area contributed by atoms with E-state index < -0.39 is 5.97 Å². The van der Waals surface area contributed by atoms with Crippen LogP contribution in [0.5, 0.6) is 5.75 Å². The Kier molecular flexibility index (Phi) is 4.40. The number of nitrogens with zero attached hydrogens (tertiary/aromatic N) is 1. The van der Waals surface area contributed by atoms with Crippen LogP contribution in [0.2, 0.25) is 0 Å².